The van der Waals surface area contributed by atoms with Gasteiger partial charge in [-0.1, -0.05) is 29.3 Å². The number of halogens is 2. The molecule has 68 valence electrons. The zero-order valence-corrected chi connectivity index (χ0v) is 9.95. The minimum atomic E-state index is 0.804. The molecule has 0 fully saturated rings. The summed E-state index contributed by atoms with van der Waals surface area (Å²) in [6.07, 6.45) is 2.02. The molecule has 13 heavy (non-hydrogen) atoms. The third-order valence-corrected chi connectivity index (χ3v) is 4.65. The van der Waals surface area contributed by atoms with Crippen molar-refractivity contribution in [1.82, 2.24) is 0 Å². The van der Waals surface area contributed by atoms with Crippen LogP contribution in [-0.2, 0) is 0 Å². The Balaban J connectivity index is 2.85. The quantitative estimate of drug-likeness (QED) is 0.646. The fourth-order valence-electron chi connectivity index (χ4n) is 1.21. The van der Waals surface area contributed by atoms with E-state index in [1.165, 1.54) is 4.70 Å². The van der Waals surface area contributed by atoms with Crippen molar-refractivity contribution in [2.24, 2.45) is 0 Å². The number of fused-ring (bicyclic) bond motifs is 1. The summed E-state index contributed by atoms with van der Waals surface area (Å²) in [6.45, 7) is 0. The Morgan fingerprint density at radius 3 is 2.69 bits per heavy atom. The highest BCUT2D eigenvalue weighted by Crippen LogP contribution is 2.39. The molecule has 0 aliphatic carbocycles. The first-order chi connectivity index (χ1) is 6.24. The fraction of sp³-hybridized carbons (Fsp3) is 0.111. The Morgan fingerprint density at radius 2 is 2.00 bits per heavy atom. The van der Waals surface area contributed by atoms with E-state index >= 15 is 0 Å². The number of hydrogen-bond donors (Lipinski definition) is 0. The molecule has 0 amide bonds. The summed E-state index contributed by atoms with van der Waals surface area (Å²) >= 11 is 15.4. The van der Waals surface area contributed by atoms with Crippen LogP contribution in [-0.4, -0.2) is 6.26 Å². The van der Waals surface area contributed by atoms with Crippen LogP contribution in [0.3, 0.4) is 0 Å². The standard InChI is InChI=1S/C9H6Cl2S2/c1-12-9-6(10)3-2-5-7(11)4-13-8(5)9/h2-4H,1H3. The molecule has 2 rings (SSSR count). The summed E-state index contributed by atoms with van der Waals surface area (Å²) in [7, 11) is 0. The minimum Gasteiger partial charge on any atom is -0.141 e. The summed E-state index contributed by atoms with van der Waals surface area (Å²) in [4.78, 5) is 1.12. The second-order valence-electron chi connectivity index (χ2n) is 2.54. The molecule has 1 aromatic heterocycles. The van der Waals surface area contributed by atoms with Gasteiger partial charge in [0.05, 0.1) is 14.7 Å². The van der Waals surface area contributed by atoms with Crippen molar-refractivity contribution in [2.75, 3.05) is 6.26 Å². The van der Waals surface area contributed by atoms with Gasteiger partial charge in [-0.05, 0) is 12.3 Å². The molecular formula is C9H6Cl2S2. The van der Waals surface area contributed by atoms with Gasteiger partial charge >= 0.3 is 0 Å². The molecule has 0 saturated carbocycles. The van der Waals surface area contributed by atoms with Crippen LogP contribution in [0.4, 0.5) is 0 Å². The normalized spacial score (nSPS) is 11.0. The molecule has 0 saturated heterocycles. The lowest BCUT2D eigenvalue weighted by Gasteiger charge is -2.01. The lowest BCUT2D eigenvalue weighted by molar-refractivity contribution is 1.59. The van der Waals surface area contributed by atoms with E-state index in [-0.39, 0.29) is 0 Å². The van der Waals surface area contributed by atoms with Crippen molar-refractivity contribution in [3.8, 4) is 0 Å². The highest BCUT2D eigenvalue weighted by atomic mass is 35.5. The van der Waals surface area contributed by atoms with Gasteiger partial charge in [-0.25, -0.2) is 0 Å². The van der Waals surface area contributed by atoms with E-state index < -0.39 is 0 Å². The van der Waals surface area contributed by atoms with Crippen LogP contribution in [0.2, 0.25) is 10.0 Å². The topological polar surface area (TPSA) is 0 Å². The van der Waals surface area contributed by atoms with Gasteiger partial charge in [0.25, 0.3) is 0 Å². The zero-order chi connectivity index (χ0) is 9.42. The monoisotopic (exact) mass is 248 g/mol. The highest BCUT2D eigenvalue weighted by Gasteiger charge is 2.08. The molecule has 0 aliphatic heterocycles. The average molecular weight is 249 g/mol. The van der Waals surface area contributed by atoms with E-state index in [9.17, 15) is 0 Å². The van der Waals surface area contributed by atoms with Crippen LogP contribution in [0, 0.1) is 0 Å². The number of thiophene rings is 1. The lowest BCUT2D eigenvalue weighted by atomic mass is 10.3. The van der Waals surface area contributed by atoms with Crippen molar-refractivity contribution in [3.63, 3.8) is 0 Å². The molecule has 1 heterocycles. The first-order valence-corrected chi connectivity index (χ1v) is 6.49. The first kappa shape index (κ1) is 9.66. The molecule has 0 atom stereocenters. The second kappa shape index (κ2) is 3.70. The molecule has 1 aromatic carbocycles. The van der Waals surface area contributed by atoms with Crippen molar-refractivity contribution in [3.05, 3.63) is 27.6 Å². The molecule has 2 aromatic rings. The molecule has 0 N–H and O–H groups in total. The number of benzene rings is 1. The summed E-state index contributed by atoms with van der Waals surface area (Å²) in [5.74, 6) is 0. The number of rotatable bonds is 1. The van der Waals surface area contributed by atoms with Gasteiger partial charge in [-0.3, -0.25) is 0 Å². The Bertz CT molecular complexity index is 448. The number of hydrogen-bond acceptors (Lipinski definition) is 2. The largest absolute Gasteiger partial charge is 0.141 e. The predicted octanol–water partition coefficient (Wildman–Crippen LogP) is 4.93. The van der Waals surface area contributed by atoms with Crippen LogP contribution in [0.25, 0.3) is 10.1 Å². The maximum atomic E-state index is 6.06. The van der Waals surface area contributed by atoms with E-state index in [0.717, 1.165) is 20.3 Å². The van der Waals surface area contributed by atoms with Crippen LogP contribution >= 0.6 is 46.3 Å². The summed E-state index contributed by atoms with van der Waals surface area (Å²) < 4.78 is 1.19. The van der Waals surface area contributed by atoms with Crippen molar-refractivity contribution < 1.29 is 0 Å². The van der Waals surface area contributed by atoms with Gasteiger partial charge in [0.1, 0.15) is 0 Å². The molecule has 0 unspecified atom stereocenters. The summed E-state index contributed by atoms with van der Waals surface area (Å²) in [5, 5.41) is 4.66. The van der Waals surface area contributed by atoms with Gasteiger partial charge in [0.15, 0.2) is 0 Å². The molecular weight excluding hydrogens is 243 g/mol. The second-order valence-corrected chi connectivity index (χ2v) is 5.05. The zero-order valence-electron chi connectivity index (χ0n) is 6.80. The van der Waals surface area contributed by atoms with Gasteiger partial charge in [0, 0.05) is 15.7 Å². The Hall–Kier alpha value is 0.110. The average Bonchev–Trinajstić information content (AvgIpc) is 2.48. The SMILES string of the molecule is CSc1c(Cl)ccc2c(Cl)csc12. The van der Waals surface area contributed by atoms with Crippen molar-refractivity contribution in [2.45, 2.75) is 4.90 Å². The van der Waals surface area contributed by atoms with Crippen LogP contribution in [0.5, 0.6) is 0 Å². The van der Waals surface area contributed by atoms with Crippen LogP contribution < -0.4 is 0 Å². The summed E-state index contributed by atoms with van der Waals surface area (Å²) in [6, 6.07) is 3.87. The molecule has 4 heteroatoms. The third-order valence-electron chi connectivity index (χ3n) is 1.81. The maximum absolute atomic E-state index is 6.06. The predicted molar refractivity (Wildman–Crippen MR) is 63.6 cm³/mol. The Labute approximate surface area is 94.8 Å². The van der Waals surface area contributed by atoms with Gasteiger partial charge < -0.3 is 0 Å². The first-order valence-electron chi connectivity index (χ1n) is 3.63. The molecule has 0 nitrogen and oxygen atoms in total. The number of thioether (sulfide) groups is 1. The summed E-state index contributed by atoms with van der Waals surface area (Å²) in [5.41, 5.74) is 0. The molecule has 0 aliphatic rings. The Morgan fingerprint density at radius 1 is 1.23 bits per heavy atom. The minimum absolute atomic E-state index is 0.804. The van der Waals surface area contributed by atoms with Crippen molar-refractivity contribution >= 4 is 56.4 Å². The smallest absolute Gasteiger partial charge is 0.0592 e. The highest BCUT2D eigenvalue weighted by molar-refractivity contribution is 7.99. The van der Waals surface area contributed by atoms with E-state index in [2.05, 4.69) is 0 Å². The van der Waals surface area contributed by atoms with E-state index in [0.29, 0.717) is 0 Å². The van der Waals surface area contributed by atoms with Gasteiger partial charge in [-0.2, -0.15) is 0 Å². The van der Waals surface area contributed by atoms with E-state index in [1.807, 2.05) is 23.8 Å². The van der Waals surface area contributed by atoms with Crippen molar-refractivity contribution in [1.29, 1.82) is 0 Å². The van der Waals surface area contributed by atoms with Crippen LogP contribution in [0.1, 0.15) is 0 Å². The lowest BCUT2D eigenvalue weighted by Crippen LogP contribution is -1.73. The van der Waals surface area contributed by atoms with Gasteiger partial charge in [-0.15, -0.1) is 23.1 Å². The Kier molecular flexibility index (Phi) is 2.75. The molecule has 0 radical (unpaired) electrons. The van der Waals surface area contributed by atoms with E-state index in [4.69, 9.17) is 23.2 Å². The fourth-order valence-corrected chi connectivity index (χ4v) is 3.82. The van der Waals surface area contributed by atoms with Gasteiger partial charge in [0.2, 0.25) is 0 Å². The third kappa shape index (κ3) is 1.57. The van der Waals surface area contributed by atoms with Crippen LogP contribution in [0.15, 0.2) is 22.4 Å². The maximum Gasteiger partial charge on any atom is 0.0592 e. The van der Waals surface area contributed by atoms with E-state index in [1.54, 1.807) is 23.1 Å². The molecule has 0 spiro atoms. The molecule has 0 bridgehead atoms.